The molecule has 0 aliphatic rings. The van der Waals surface area contributed by atoms with E-state index < -0.39 is 16.0 Å². The molecule has 182 valence electrons. The molecule has 11 heteroatoms. The van der Waals surface area contributed by atoms with E-state index in [0.29, 0.717) is 22.4 Å². The number of anilines is 1. The Hall–Kier alpha value is -4.66. The topological polar surface area (TPSA) is 118 Å². The van der Waals surface area contributed by atoms with Gasteiger partial charge >= 0.3 is 0 Å². The molecule has 3 heterocycles. The van der Waals surface area contributed by atoms with Crippen LogP contribution in [0.5, 0.6) is 11.5 Å². The Morgan fingerprint density at radius 2 is 1.76 bits per heavy atom. The largest absolute Gasteiger partial charge is 0.450 e. The van der Waals surface area contributed by atoms with Crippen molar-refractivity contribution < 1.29 is 17.5 Å². The molecule has 3 aromatic heterocycles. The van der Waals surface area contributed by atoms with Crippen LogP contribution in [0, 0.1) is 17.3 Å². The number of pyridine rings is 2. The molecule has 0 amide bonds. The molecular formula is C26H16FN5O3S2. The summed E-state index contributed by atoms with van der Waals surface area (Å²) in [5, 5.41) is 11.5. The number of nitriles is 1. The molecule has 5 rings (SSSR count). The predicted octanol–water partition coefficient (Wildman–Crippen LogP) is 5.87. The minimum Gasteiger partial charge on any atom is -0.450 e. The van der Waals surface area contributed by atoms with Gasteiger partial charge in [-0.1, -0.05) is 30.3 Å². The van der Waals surface area contributed by atoms with E-state index in [1.807, 2.05) is 36.4 Å². The molecule has 0 radical (unpaired) electrons. The van der Waals surface area contributed by atoms with Crippen LogP contribution in [0.15, 0.2) is 95.6 Å². The van der Waals surface area contributed by atoms with Crippen LogP contribution >= 0.6 is 11.3 Å². The number of sulfonamides is 1. The second kappa shape index (κ2) is 10.1. The van der Waals surface area contributed by atoms with Crippen LogP contribution in [0.2, 0.25) is 0 Å². The Bertz CT molecular complexity index is 1710. The summed E-state index contributed by atoms with van der Waals surface area (Å²) in [5.74, 6) is -1.13. The summed E-state index contributed by atoms with van der Waals surface area (Å²) in [5.41, 5.74) is 2.01. The summed E-state index contributed by atoms with van der Waals surface area (Å²) >= 11 is 1.12. The van der Waals surface area contributed by atoms with E-state index in [-0.39, 0.29) is 27.1 Å². The maximum absolute atomic E-state index is 15.4. The molecule has 0 atom stereocenters. The summed E-state index contributed by atoms with van der Waals surface area (Å²) in [6.07, 6.45) is 4.59. The normalized spacial score (nSPS) is 11.0. The highest BCUT2D eigenvalue weighted by molar-refractivity contribution is 7.93. The van der Waals surface area contributed by atoms with Crippen molar-refractivity contribution in [3.05, 3.63) is 102 Å². The van der Waals surface area contributed by atoms with Crippen molar-refractivity contribution >= 4 is 26.5 Å². The van der Waals surface area contributed by atoms with E-state index in [2.05, 4.69) is 19.7 Å². The van der Waals surface area contributed by atoms with E-state index >= 15 is 4.39 Å². The van der Waals surface area contributed by atoms with Crippen molar-refractivity contribution in [1.82, 2.24) is 15.0 Å². The number of thiazole rings is 1. The average Bonchev–Trinajstić information content (AvgIpc) is 3.43. The van der Waals surface area contributed by atoms with Gasteiger partial charge in [0.2, 0.25) is 0 Å². The molecule has 2 aromatic carbocycles. The highest BCUT2D eigenvalue weighted by atomic mass is 32.2. The van der Waals surface area contributed by atoms with Gasteiger partial charge in [0.1, 0.15) is 11.8 Å². The SMILES string of the molecule is N#Cc1cc(S(=O)(=O)Nc2nccs2)ccc1Oc1c(-c2ccncc2)cc(-c2ccccc2)nc1F. The molecule has 0 saturated heterocycles. The van der Waals surface area contributed by atoms with E-state index in [0.717, 1.165) is 17.4 Å². The van der Waals surface area contributed by atoms with Gasteiger partial charge in [0, 0.05) is 35.1 Å². The fraction of sp³-hybridized carbons (Fsp3) is 0. The van der Waals surface area contributed by atoms with E-state index in [4.69, 9.17) is 4.74 Å². The standard InChI is InChI=1S/C26H16FN5O3S2/c27-25-24(21(17-8-10-29-11-9-17)15-22(31-25)18-4-2-1-3-5-18)35-23-7-6-20(14-19(23)16-28)37(33,34)32-26-30-12-13-36-26/h1-15H,(H,30,32). The Morgan fingerprint density at radius 1 is 0.973 bits per heavy atom. The van der Waals surface area contributed by atoms with Crippen LogP contribution in [-0.2, 0) is 10.0 Å². The number of rotatable bonds is 7. The number of halogens is 1. The smallest absolute Gasteiger partial charge is 0.263 e. The monoisotopic (exact) mass is 529 g/mol. The van der Waals surface area contributed by atoms with Crippen molar-refractivity contribution in [2.24, 2.45) is 0 Å². The Morgan fingerprint density at radius 3 is 2.46 bits per heavy atom. The van der Waals surface area contributed by atoms with E-state index in [9.17, 15) is 13.7 Å². The Kier molecular flexibility index (Phi) is 6.59. The summed E-state index contributed by atoms with van der Waals surface area (Å²) in [7, 11) is -4.00. The molecule has 0 aliphatic heterocycles. The zero-order valence-corrected chi connectivity index (χ0v) is 20.5. The number of nitrogens with one attached hydrogen (secondary N) is 1. The van der Waals surface area contributed by atoms with Crippen molar-refractivity contribution in [3.8, 4) is 40.0 Å². The van der Waals surface area contributed by atoms with Gasteiger partial charge in [-0.3, -0.25) is 9.71 Å². The van der Waals surface area contributed by atoms with Gasteiger partial charge < -0.3 is 4.74 Å². The lowest BCUT2D eigenvalue weighted by Crippen LogP contribution is -2.13. The molecular weight excluding hydrogens is 513 g/mol. The molecule has 0 spiro atoms. The Labute approximate surface area is 215 Å². The van der Waals surface area contributed by atoms with Gasteiger partial charge in [-0.15, -0.1) is 11.3 Å². The van der Waals surface area contributed by atoms with E-state index in [1.54, 1.807) is 36.0 Å². The summed E-state index contributed by atoms with van der Waals surface area (Å²) < 4.78 is 49.1. The third-order valence-electron chi connectivity index (χ3n) is 5.24. The van der Waals surface area contributed by atoms with Gasteiger partial charge in [-0.05, 0) is 42.0 Å². The van der Waals surface area contributed by atoms with Crippen LogP contribution in [0.1, 0.15) is 5.56 Å². The van der Waals surface area contributed by atoms with Crippen LogP contribution in [0.4, 0.5) is 9.52 Å². The highest BCUT2D eigenvalue weighted by Crippen LogP contribution is 2.38. The van der Waals surface area contributed by atoms with Crippen molar-refractivity contribution in [1.29, 1.82) is 5.26 Å². The summed E-state index contributed by atoms with van der Waals surface area (Å²) in [4.78, 5) is 11.8. The molecule has 1 N–H and O–H groups in total. The molecule has 0 fully saturated rings. The number of ether oxygens (including phenoxy) is 1. The lowest BCUT2D eigenvalue weighted by atomic mass is 10.0. The molecule has 0 bridgehead atoms. The van der Waals surface area contributed by atoms with E-state index in [1.165, 1.54) is 18.3 Å². The molecule has 0 saturated carbocycles. The number of hydrogen-bond donors (Lipinski definition) is 1. The minimum atomic E-state index is -4.00. The van der Waals surface area contributed by atoms with Gasteiger partial charge in [0.25, 0.3) is 16.0 Å². The third kappa shape index (κ3) is 5.16. The summed E-state index contributed by atoms with van der Waals surface area (Å²) in [6, 6.07) is 19.8. The van der Waals surface area contributed by atoms with Gasteiger partial charge in [0.15, 0.2) is 10.9 Å². The second-order valence-electron chi connectivity index (χ2n) is 7.59. The van der Waals surface area contributed by atoms with Crippen molar-refractivity contribution in [2.45, 2.75) is 4.90 Å². The van der Waals surface area contributed by atoms with Crippen LogP contribution < -0.4 is 9.46 Å². The fourth-order valence-electron chi connectivity index (χ4n) is 3.51. The second-order valence-corrected chi connectivity index (χ2v) is 10.2. The van der Waals surface area contributed by atoms with Crippen molar-refractivity contribution in [3.63, 3.8) is 0 Å². The van der Waals surface area contributed by atoms with Gasteiger partial charge in [0.05, 0.1) is 16.2 Å². The number of hydrogen-bond acceptors (Lipinski definition) is 8. The third-order valence-corrected chi connectivity index (χ3v) is 7.39. The first-order chi connectivity index (χ1) is 17.9. The van der Waals surface area contributed by atoms with Crippen LogP contribution in [0.25, 0.3) is 22.4 Å². The lowest BCUT2D eigenvalue weighted by Gasteiger charge is -2.15. The molecule has 0 aliphatic carbocycles. The molecule has 0 unspecified atom stereocenters. The first kappa shape index (κ1) is 24.1. The predicted molar refractivity (Wildman–Crippen MR) is 137 cm³/mol. The maximum Gasteiger partial charge on any atom is 0.263 e. The maximum atomic E-state index is 15.4. The van der Waals surface area contributed by atoms with Crippen LogP contribution in [-0.4, -0.2) is 23.4 Å². The van der Waals surface area contributed by atoms with Gasteiger partial charge in [-0.25, -0.2) is 18.4 Å². The lowest BCUT2D eigenvalue weighted by molar-refractivity contribution is 0.430. The molecule has 8 nitrogen and oxygen atoms in total. The highest BCUT2D eigenvalue weighted by Gasteiger charge is 2.22. The van der Waals surface area contributed by atoms with Crippen molar-refractivity contribution in [2.75, 3.05) is 4.72 Å². The molecule has 37 heavy (non-hydrogen) atoms. The Balaban J connectivity index is 1.56. The molecule has 5 aromatic rings. The minimum absolute atomic E-state index is 0.0286. The first-order valence-corrected chi connectivity index (χ1v) is 13.1. The number of benzene rings is 2. The number of nitrogens with zero attached hydrogens (tertiary/aromatic N) is 4. The quantitative estimate of drug-likeness (QED) is 0.262. The zero-order chi connectivity index (χ0) is 25.8. The fourth-order valence-corrected chi connectivity index (χ4v) is 5.33. The first-order valence-electron chi connectivity index (χ1n) is 10.8. The zero-order valence-electron chi connectivity index (χ0n) is 18.9. The average molecular weight is 530 g/mol. The van der Waals surface area contributed by atoms with Crippen LogP contribution in [0.3, 0.4) is 0 Å². The summed E-state index contributed by atoms with van der Waals surface area (Å²) in [6.45, 7) is 0. The number of aromatic nitrogens is 3. The van der Waals surface area contributed by atoms with Gasteiger partial charge in [-0.2, -0.15) is 9.65 Å².